The van der Waals surface area contributed by atoms with Gasteiger partial charge in [-0.15, -0.1) is 0 Å². The minimum absolute atomic E-state index is 0.204. The fourth-order valence-electron chi connectivity index (χ4n) is 0.868. The Hall–Kier alpha value is -0.510. The van der Waals surface area contributed by atoms with E-state index >= 15 is 0 Å². The molecule has 52 valence electrons. The van der Waals surface area contributed by atoms with Gasteiger partial charge >= 0.3 is 0 Å². The van der Waals surface area contributed by atoms with E-state index in [1.54, 1.807) is 0 Å². The third-order valence-corrected chi connectivity index (χ3v) is 1.37. The van der Waals surface area contributed by atoms with Crippen LogP contribution in [-0.2, 0) is 0 Å². The summed E-state index contributed by atoms with van der Waals surface area (Å²) in [5, 5.41) is 8.57. The van der Waals surface area contributed by atoms with Crippen LogP contribution in [0.3, 0.4) is 0 Å². The van der Waals surface area contributed by atoms with E-state index in [-0.39, 0.29) is 5.92 Å². The maximum atomic E-state index is 8.57. The van der Waals surface area contributed by atoms with E-state index in [0.29, 0.717) is 6.90 Å². The van der Waals surface area contributed by atoms with Gasteiger partial charge in [0.05, 0.1) is 6.07 Å². The fraction of sp³-hybridized carbons (Fsp3) is 0.875. The largest absolute Gasteiger partial charge is 0.198 e. The van der Waals surface area contributed by atoms with Crippen molar-refractivity contribution in [3.05, 3.63) is 0 Å². The SMILES string of the molecule is [2H]CCCC(C#N)CCC. The molecule has 0 bridgehead atoms. The predicted octanol–water partition coefficient (Wildman–Crippen LogP) is 2.73. The van der Waals surface area contributed by atoms with E-state index in [2.05, 4.69) is 13.0 Å². The molecule has 0 amide bonds. The standard InChI is InChI=1S/C8H15N/c1-3-5-8(7-9)6-4-2/h8H,3-6H2,1-2H3/i1D. The van der Waals surface area contributed by atoms with Gasteiger partial charge in [0.25, 0.3) is 0 Å². The molecule has 0 aliphatic rings. The van der Waals surface area contributed by atoms with E-state index in [4.69, 9.17) is 6.63 Å². The first-order valence-electron chi connectivity index (χ1n) is 4.24. The molecule has 0 spiro atoms. The molecule has 0 aliphatic heterocycles. The highest BCUT2D eigenvalue weighted by Gasteiger charge is 2.02. The minimum Gasteiger partial charge on any atom is -0.198 e. The van der Waals surface area contributed by atoms with Crippen molar-refractivity contribution in [1.82, 2.24) is 0 Å². The van der Waals surface area contributed by atoms with Crippen LogP contribution in [0.1, 0.15) is 40.9 Å². The van der Waals surface area contributed by atoms with Crippen LogP contribution in [0.4, 0.5) is 0 Å². The summed E-state index contributed by atoms with van der Waals surface area (Å²) >= 11 is 0. The van der Waals surface area contributed by atoms with Crippen LogP contribution in [-0.4, -0.2) is 0 Å². The maximum Gasteiger partial charge on any atom is 0.0655 e. The molecule has 0 aliphatic carbocycles. The normalized spacial score (nSPS) is 14.0. The molecule has 0 aromatic carbocycles. The van der Waals surface area contributed by atoms with Crippen molar-refractivity contribution < 1.29 is 1.37 Å². The van der Waals surface area contributed by atoms with Crippen molar-refractivity contribution in [2.75, 3.05) is 0 Å². The van der Waals surface area contributed by atoms with Crippen molar-refractivity contribution in [3.8, 4) is 6.07 Å². The van der Waals surface area contributed by atoms with E-state index in [9.17, 15) is 0 Å². The van der Waals surface area contributed by atoms with Crippen LogP contribution in [0.15, 0.2) is 0 Å². The third kappa shape index (κ3) is 4.02. The molecule has 0 fully saturated rings. The van der Waals surface area contributed by atoms with Gasteiger partial charge < -0.3 is 0 Å². The summed E-state index contributed by atoms with van der Waals surface area (Å²) in [5.74, 6) is 0.204. The second kappa shape index (κ2) is 5.62. The lowest BCUT2D eigenvalue weighted by molar-refractivity contribution is 0.540. The molecule has 0 saturated carbocycles. The quantitative estimate of drug-likeness (QED) is 0.568. The van der Waals surface area contributed by atoms with Gasteiger partial charge in [-0.05, 0) is 12.8 Å². The van der Waals surface area contributed by atoms with Gasteiger partial charge in [0.2, 0.25) is 0 Å². The van der Waals surface area contributed by atoms with Crippen LogP contribution in [0.2, 0.25) is 0 Å². The summed E-state index contributed by atoms with van der Waals surface area (Å²) in [7, 11) is 0. The molecule has 0 saturated heterocycles. The lowest BCUT2D eigenvalue weighted by Gasteiger charge is -2.02. The Kier molecular flexibility index (Phi) is 4.13. The Morgan fingerprint density at radius 2 is 2.22 bits per heavy atom. The van der Waals surface area contributed by atoms with Gasteiger partial charge in [0.1, 0.15) is 0 Å². The lowest BCUT2D eigenvalue weighted by atomic mass is 10.0. The van der Waals surface area contributed by atoms with E-state index in [1.165, 1.54) is 0 Å². The van der Waals surface area contributed by atoms with Crippen LogP contribution in [0.25, 0.3) is 0 Å². The molecule has 0 heterocycles. The summed E-state index contributed by atoms with van der Waals surface area (Å²) in [6.07, 6.45) is 3.86. The van der Waals surface area contributed by atoms with Crippen LogP contribution >= 0.6 is 0 Å². The molecule has 0 rings (SSSR count). The average Bonchev–Trinajstić information content (AvgIpc) is 1.98. The first-order chi connectivity index (χ1) is 4.85. The number of nitrogens with zero attached hydrogens (tertiary/aromatic N) is 1. The van der Waals surface area contributed by atoms with Crippen molar-refractivity contribution in [3.63, 3.8) is 0 Å². The molecule has 1 unspecified atom stereocenters. The third-order valence-electron chi connectivity index (χ3n) is 1.37. The van der Waals surface area contributed by atoms with Crippen molar-refractivity contribution in [2.24, 2.45) is 5.92 Å². The van der Waals surface area contributed by atoms with Gasteiger partial charge in [-0.2, -0.15) is 5.26 Å². The Morgan fingerprint density at radius 3 is 2.67 bits per heavy atom. The summed E-state index contributed by atoms with van der Waals surface area (Å²) in [4.78, 5) is 0. The number of nitriles is 1. The van der Waals surface area contributed by atoms with Gasteiger partial charge in [-0.3, -0.25) is 0 Å². The zero-order valence-corrected chi connectivity index (χ0v) is 6.06. The van der Waals surface area contributed by atoms with Crippen LogP contribution in [0, 0.1) is 17.2 Å². The number of hydrogen-bond acceptors (Lipinski definition) is 1. The summed E-state index contributed by atoms with van der Waals surface area (Å²) in [6, 6.07) is 2.25. The van der Waals surface area contributed by atoms with E-state index in [0.717, 1.165) is 25.7 Å². The van der Waals surface area contributed by atoms with E-state index < -0.39 is 0 Å². The zero-order chi connectivity index (χ0) is 7.82. The zero-order valence-electron chi connectivity index (χ0n) is 7.06. The summed E-state index contributed by atoms with van der Waals surface area (Å²) in [5.41, 5.74) is 0. The van der Waals surface area contributed by atoms with E-state index in [1.807, 2.05) is 0 Å². The molecule has 1 atom stereocenters. The van der Waals surface area contributed by atoms with Gasteiger partial charge in [-0.25, -0.2) is 0 Å². The predicted molar refractivity (Wildman–Crippen MR) is 38.9 cm³/mol. The Morgan fingerprint density at radius 1 is 1.56 bits per heavy atom. The van der Waals surface area contributed by atoms with Gasteiger partial charge in [0, 0.05) is 7.29 Å². The van der Waals surface area contributed by atoms with Gasteiger partial charge in [-0.1, -0.05) is 26.7 Å². The van der Waals surface area contributed by atoms with Crippen molar-refractivity contribution in [1.29, 1.82) is 5.26 Å². The van der Waals surface area contributed by atoms with Crippen LogP contribution in [0.5, 0.6) is 0 Å². The van der Waals surface area contributed by atoms with Gasteiger partial charge in [0.15, 0.2) is 0 Å². The Labute approximate surface area is 59.1 Å². The maximum absolute atomic E-state index is 8.57. The minimum atomic E-state index is 0.204. The Balaban J connectivity index is 3.33. The van der Waals surface area contributed by atoms with Crippen molar-refractivity contribution in [2.45, 2.75) is 39.5 Å². The number of hydrogen-bond donors (Lipinski definition) is 0. The molecular formula is C8H15N. The molecule has 0 N–H and O–H groups in total. The van der Waals surface area contributed by atoms with Crippen molar-refractivity contribution >= 4 is 0 Å². The Bertz CT molecular complexity index is 106. The highest BCUT2D eigenvalue weighted by Crippen LogP contribution is 2.10. The summed E-state index contributed by atoms with van der Waals surface area (Å²) < 4.78 is 6.89. The average molecular weight is 126 g/mol. The second-order valence-corrected chi connectivity index (χ2v) is 2.26. The highest BCUT2D eigenvalue weighted by molar-refractivity contribution is 4.81. The first-order valence-corrected chi connectivity index (χ1v) is 3.54. The first kappa shape index (κ1) is 6.61. The highest BCUT2D eigenvalue weighted by atomic mass is 14.3. The molecular weight excluding hydrogens is 110 g/mol. The topological polar surface area (TPSA) is 23.8 Å². The van der Waals surface area contributed by atoms with Crippen LogP contribution < -0.4 is 0 Å². The number of rotatable bonds is 4. The molecule has 0 radical (unpaired) electrons. The lowest BCUT2D eigenvalue weighted by Crippen LogP contribution is -1.94. The monoisotopic (exact) mass is 126 g/mol. The molecule has 0 aromatic heterocycles. The molecule has 9 heavy (non-hydrogen) atoms. The molecule has 1 heteroatoms. The fourth-order valence-corrected chi connectivity index (χ4v) is 0.868. The smallest absolute Gasteiger partial charge is 0.0655 e. The second-order valence-electron chi connectivity index (χ2n) is 2.26. The molecule has 1 nitrogen and oxygen atoms in total. The molecule has 0 aromatic rings. The summed E-state index contributed by atoms with van der Waals surface area (Å²) in [6.45, 7) is 2.55.